The van der Waals surface area contributed by atoms with Crippen molar-refractivity contribution in [2.45, 2.75) is 78.6 Å². The van der Waals surface area contributed by atoms with Crippen LogP contribution in [0, 0.1) is 6.07 Å². The predicted molar refractivity (Wildman–Crippen MR) is 117 cm³/mol. The Hall–Kier alpha value is 0.0875. The predicted octanol–water partition coefficient (Wildman–Crippen LogP) is 3.67. The Bertz CT molecular complexity index is 511. The van der Waals surface area contributed by atoms with Gasteiger partial charge in [-0.3, -0.25) is 0 Å². The van der Waals surface area contributed by atoms with E-state index in [4.69, 9.17) is 0 Å². The highest BCUT2D eigenvalue weighted by Crippen LogP contribution is 2.11. The largest absolute Gasteiger partial charge is 0.0783 e. The van der Waals surface area contributed by atoms with E-state index in [1.807, 2.05) is 0 Å². The third-order valence-electron chi connectivity index (χ3n) is 4.18. The van der Waals surface area contributed by atoms with Gasteiger partial charge in [0, 0.05) is 0 Å². The van der Waals surface area contributed by atoms with Gasteiger partial charge in [-0.05, 0) is 6.07 Å². The zero-order valence-electron chi connectivity index (χ0n) is 17.1. The van der Waals surface area contributed by atoms with Crippen molar-refractivity contribution in [1.29, 1.82) is 0 Å². The summed E-state index contributed by atoms with van der Waals surface area (Å²) in [5, 5.41) is 6.74. The van der Waals surface area contributed by atoms with Crippen molar-refractivity contribution >= 4 is 53.0 Å². The van der Waals surface area contributed by atoms with Crippen LogP contribution in [0.15, 0.2) is 6.07 Å². The molecule has 0 unspecified atom stereocenters. The SMILES string of the molecule is C[Si](C)(C)c1[c]c([Si](C)(C)C)c([Si](C)(C)C)c([Si](C)(C)C)c1. The molecule has 0 bridgehead atoms. The second kappa shape index (κ2) is 5.87. The molecule has 1 aromatic rings. The fourth-order valence-corrected chi connectivity index (χ4v) is 13.4. The molecular formula is C18H37Si4. The molecule has 0 amide bonds. The van der Waals surface area contributed by atoms with Gasteiger partial charge in [-0.25, -0.2) is 0 Å². The monoisotopic (exact) mass is 365 g/mol. The summed E-state index contributed by atoms with van der Waals surface area (Å²) in [6.07, 6.45) is 0. The Morgan fingerprint density at radius 3 is 1.32 bits per heavy atom. The lowest BCUT2D eigenvalue weighted by molar-refractivity contribution is 1.64. The van der Waals surface area contributed by atoms with E-state index < -0.39 is 32.3 Å². The Labute approximate surface area is 143 Å². The van der Waals surface area contributed by atoms with Crippen molar-refractivity contribution in [3.63, 3.8) is 0 Å². The van der Waals surface area contributed by atoms with Crippen LogP contribution in [-0.2, 0) is 0 Å². The van der Waals surface area contributed by atoms with Gasteiger partial charge < -0.3 is 0 Å². The van der Waals surface area contributed by atoms with Gasteiger partial charge in [0.25, 0.3) is 0 Å². The number of hydrogen-bond acceptors (Lipinski definition) is 0. The molecule has 125 valence electrons. The zero-order valence-corrected chi connectivity index (χ0v) is 21.1. The molecule has 0 aliphatic rings. The molecule has 22 heavy (non-hydrogen) atoms. The van der Waals surface area contributed by atoms with Crippen molar-refractivity contribution in [1.82, 2.24) is 0 Å². The molecule has 1 rings (SSSR count). The van der Waals surface area contributed by atoms with E-state index in [-0.39, 0.29) is 0 Å². The fraction of sp³-hybridized carbons (Fsp3) is 0.667. The highest BCUT2D eigenvalue weighted by Gasteiger charge is 2.35. The second-order valence-electron chi connectivity index (χ2n) is 10.8. The van der Waals surface area contributed by atoms with Crippen LogP contribution in [0.1, 0.15) is 0 Å². The smallest absolute Gasteiger partial charge is 0.0656 e. The highest BCUT2D eigenvalue weighted by atomic mass is 28.3. The van der Waals surface area contributed by atoms with E-state index >= 15 is 0 Å². The quantitative estimate of drug-likeness (QED) is 0.714. The normalized spacial score (nSPS) is 14.4. The van der Waals surface area contributed by atoms with Crippen molar-refractivity contribution in [2.75, 3.05) is 0 Å². The van der Waals surface area contributed by atoms with Gasteiger partial charge in [0.15, 0.2) is 0 Å². The van der Waals surface area contributed by atoms with Crippen LogP contribution < -0.4 is 20.7 Å². The molecule has 0 nitrogen and oxygen atoms in total. The minimum atomic E-state index is -1.38. The van der Waals surface area contributed by atoms with Crippen LogP contribution in [0.3, 0.4) is 0 Å². The second-order valence-corrected chi connectivity index (χ2v) is 30.9. The molecule has 0 saturated carbocycles. The van der Waals surface area contributed by atoms with E-state index in [0.29, 0.717) is 0 Å². The van der Waals surface area contributed by atoms with Crippen LogP contribution in [0.2, 0.25) is 78.6 Å². The fourth-order valence-electron chi connectivity index (χ4n) is 2.92. The maximum absolute atomic E-state index is 3.99. The third-order valence-corrected chi connectivity index (χ3v) is 12.5. The molecule has 0 fully saturated rings. The van der Waals surface area contributed by atoms with E-state index in [9.17, 15) is 0 Å². The summed E-state index contributed by atoms with van der Waals surface area (Å²) in [5.41, 5.74) is 0. The average Bonchev–Trinajstić information content (AvgIpc) is 2.22. The lowest BCUT2D eigenvalue weighted by atomic mass is 10.3. The van der Waals surface area contributed by atoms with E-state index in [1.165, 1.54) is 0 Å². The maximum atomic E-state index is 3.99. The molecule has 1 aromatic carbocycles. The van der Waals surface area contributed by atoms with Crippen LogP contribution in [0.4, 0.5) is 0 Å². The van der Waals surface area contributed by atoms with Gasteiger partial charge in [0.05, 0.1) is 32.3 Å². The van der Waals surface area contributed by atoms with Crippen molar-refractivity contribution in [3.05, 3.63) is 12.1 Å². The summed E-state index contributed by atoms with van der Waals surface area (Å²) in [4.78, 5) is 0. The van der Waals surface area contributed by atoms with E-state index in [1.54, 1.807) is 20.7 Å². The summed E-state index contributed by atoms with van der Waals surface area (Å²) in [5.74, 6) is 0. The molecule has 0 atom stereocenters. The molecule has 0 heterocycles. The summed E-state index contributed by atoms with van der Waals surface area (Å²) in [6.45, 7) is 30.1. The molecule has 0 aromatic heterocycles. The number of hydrogen-bond donors (Lipinski definition) is 0. The summed E-state index contributed by atoms with van der Waals surface area (Å²) in [7, 11) is -5.44. The van der Waals surface area contributed by atoms with Crippen LogP contribution >= 0.6 is 0 Å². The van der Waals surface area contributed by atoms with Gasteiger partial charge in [-0.1, -0.05) is 105 Å². The summed E-state index contributed by atoms with van der Waals surface area (Å²) >= 11 is 0. The minimum Gasteiger partial charge on any atom is -0.0656 e. The molecular weight excluding hydrogens is 329 g/mol. The molecule has 0 saturated heterocycles. The van der Waals surface area contributed by atoms with Gasteiger partial charge in [0.1, 0.15) is 0 Å². The Morgan fingerprint density at radius 2 is 1.05 bits per heavy atom. The molecule has 0 spiro atoms. The topological polar surface area (TPSA) is 0 Å². The van der Waals surface area contributed by atoms with Gasteiger partial charge in [0.2, 0.25) is 0 Å². The zero-order chi connectivity index (χ0) is 17.7. The van der Waals surface area contributed by atoms with Gasteiger partial charge >= 0.3 is 0 Å². The van der Waals surface area contributed by atoms with Gasteiger partial charge in [-0.2, -0.15) is 0 Å². The summed E-state index contributed by atoms with van der Waals surface area (Å²) < 4.78 is 0. The molecule has 0 N–H and O–H groups in total. The Morgan fingerprint density at radius 1 is 0.591 bits per heavy atom. The standard InChI is InChI=1S/C18H37Si4/c1-19(2,3)15-13-16(20(4,5)6)18(22(10,11)12)17(14-15)21(7,8)9/h13H,1-12H3. The van der Waals surface area contributed by atoms with Gasteiger partial charge in [-0.15, -0.1) is 0 Å². The first-order valence-corrected chi connectivity index (χ1v) is 22.6. The third kappa shape index (κ3) is 4.55. The molecule has 0 aliphatic heterocycles. The number of rotatable bonds is 4. The minimum absolute atomic E-state index is 1.33. The van der Waals surface area contributed by atoms with Crippen LogP contribution in [0.25, 0.3) is 0 Å². The van der Waals surface area contributed by atoms with Crippen molar-refractivity contribution in [3.8, 4) is 0 Å². The maximum Gasteiger partial charge on any atom is 0.0783 e. The van der Waals surface area contributed by atoms with Crippen molar-refractivity contribution < 1.29 is 0 Å². The van der Waals surface area contributed by atoms with E-state index in [0.717, 1.165) is 0 Å². The lowest BCUT2D eigenvalue weighted by Crippen LogP contribution is -2.68. The molecule has 4 heteroatoms. The average molecular weight is 366 g/mol. The summed E-state index contributed by atoms with van der Waals surface area (Å²) in [6, 6.07) is 6.59. The first-order chi connectivity index (χ1) is 9.45. The first-order valence-electron chi connectivity index (χ1n) is 8.58. The molecule has 1 radical (unpaired) electrons. The van der Waals surface area contributed by atoms with Crippen LogP contribution in [0.5, 0.6) is 0 Å². The van der Waals surface area contributed by atoms with E-state index in [2.05, 4.69) is 90.7 Å². The van der Waals surface area contributed by atoms with Crippen LogP contribution in [-0.4, -0.2) is 32.3 Å². The Kier molecular flexibility index (Phi) is 5.37. The number of benzene rings is 1. The highest BCUT2D eigenvalue weighted by molar-refractivity contribution is 7.04. The lowest BCUT2D eigenvalue weighted by Gasteiger charge is -2.36. The molecule has 0 aliphatic carbocycles. The Balaban J connectivity index is 3.96. The first kappa shape index (κ1) is 20.1. The van der Waals surface area contributed by atoms with Crippen molar-refractivity contribution in [2.24, 2.45) is 0 Å².